The number of aliphatic hydroxyl groups excluding tert-OH is 1. The Morgan fingerprint density at radius 1 is 1.50 bits per heavy atom. The summed E-state index contributed by atoms with van der Waals surface area (Å²) >= 11 is 6.41. The number of carboxylic acid groups (broad SMARTS) is 1. The van der Waals surface area contributed by atoms with E-state index in [2.05, 4.69) is 31.9 Å². The summed E-state index contributed by atoms with van der Waals surface area (Å²) < 4.78 is 1.12. The van der Waals surface area contributed by atoms with Crippen molar-refractivity contribution in [1.29, 1.82) is 0 Å². The lowest BCUT2D eigenvalue weighted by Gasteiger charge is -2.10. The Balaban J connectivity index is 3.47. The predicted octanol–water partition coefficient (Wildman–Crippen LogP) is 2.71. The first kappa shape index (κ1) is 11.7. The highest BCUT2D eigenvalue weighted by Crippen LogP contribution is 2.30. The van der Waals surface area contributed by atoms with Crippen LogP contribution in [-0.4, -0.2) is 16.2 Å². The van der Waals surface area contributed by atoms with Crippen LogP contribution in [0.15, 0.2) is 15.0 Å². The molecule has 2 N–H and O–H groups in total. The highest BCUT2D eigenvalue weighted by molar-refractivity contribution is 9.11. The van der Waals surface area contributed by atoms with E-state index in [1.165, 1.54) is 6.07 Å². The normalized spacial score (nSPS) is 10.3. The molecular formula is C9H8Br2O3. The Kier molecular flexibility index (Phi) is 3.69. The number of aromatic carboxylic acids is 1. The van der Waals surface area contributed by atoms with Gasteiger partial charge in [0, 0.05) is 8.95 Å². The van der Waals surface area contributed by atoms with Crippen molar-refractivity contribution in [3.05, 3.63) is 31.7 Å². The van der Waals surface area contributed by atoms with Crippen LogP contribution in [0.2, 0.25) is 0 Å². The molecule has 0 fully saturated rings. The van der Waals surface area contributed by atoms with Gasteiger partial charge < -0.3 is 10.2 Å². The maximum Gasteiger partial charge on any atom is 0.336 e. The summed E-state index contributed by atoms with van der Waals surface area (Å²) in [4.78, 5) is 10.8. The summed E-state index contributed by atoms with van der Waals surface area (Å²) in [7, 11) is 0. The molecule has 0 saturated carbocycles. The SMILES string of the molecule is Cc1c(Br)c(C(=O)O)cc(Br)c1CO. The zero-order chi connectivity index (χ0) is 10.9. The van der Waals surface area contributed by atoms with Crippen molar-refractivity contribution >= 4 is 37.8 Å². The van der Waals surface area contributed by atoms with Gasteiger partial charge in [-0.05, 0) is 40.0 Å². The number of halogens is 2. The first-order valence-corrected chi connectivity index (χ1v) is 5.39. The van der Waals surface area contributed by atoms with Crippen molar-refractivity contribution in [3.63, 3.8) is 0 Å². The summed E-state index contributed by atoms with van der Waals surface area (Å²) in [5.74, 6) is -0.995. The molecule has 0 amide bonds. The smallest absolute Gasteiger partial charge is 0.336 e. The molecule has 1 aromatic carbocycles. The van der Waals surface area contributed by atoms with Crippen molar-refractivity contribution in [2.24, 2.45) is 0 Å². The minimum absolute atomic E-state index is 0.120. The van der Waals surface area contributed by atoms with Gasteiger partial charge in [0.05, 0.1) is 12.2 Å². The van der Waals surface area contributed by atoms with Gasteiger partial charge in [0.1, 0.15) is 0 Å². The van der Waals surface area contributed by atoms with Gasteiger partial charge in [-0.1, -0.05) is 15.9 Å². The van der Waals surface area contributed by atoms with Crippen LogP contribution in [0.4, 0.5) is 0 Å². The molecular weight excluding hydrogens is 316 g/mol. The van der Waals surface area contributed by atoms with Gasteiger partial charge in [0.15, 0.2) is 0 Å². The highest BCUT2D eigenvalue weighted by atomic mass is 79.9. The molecule has 0 aromatic heterocycles. The predicted molar refractivity (Wildman–Crippen MR) is 59.5 cm³/mol. The van der Waals surface area contributed by atoms with Crippen molar-refractivity contribution < 1.29 is 15.0 Å². The summed E-state index contributed by atoms with van der Waals surface area (Å²) in [5.41, 5.74) is 1.62. The van der Waals surface area contributed by atoms with Gasteiger partial charge in [-0.25, -0.2) is 4.79 Å². The third kappa shape index (κ3) is 1.99. The molecule has 0 aliphatic heterocycles. The molecule has 76 valence electrons. The number of hydrogen-bond acceptors (Lipinski definition) is 2. The first-order chi connectivity index (χ1) is 6.49. The van der Waals surface area contributed by atoms with E-state index in [9.17, 15) is 4.79 Å². The Bertz CT molecular complexity index is 388. The van der Waals surface area contributed by atoms with Crippen LogP contribution in [0.3, 0.4) is 0 Å². The monoisotopic (exact) mass is 322 g/mol. The molecule has 0 saturated heterocycles. The Labute approximate surface area is 98.0 Å². The fraction of sp³-hybridized carbons (Fsp3) is 0.222. The second-order valence-electron chi connectivity index (χ2n) is 2.79. The zero-order valence-corrected chi connectivity index (χ0v) is 10.5. The largest absolute Gasteiger partial charge is 0.478 e. The fourth-order valence-corrected chi connectivity index (χ4v) is 2.32. The number of hydrogen-bond donors (Lipinski definition) is 2. The topological polar surface area (TPSA) is 57.5 Å². The molecule has 14 heavy (non-hydrogen) atoms. The molecule has 0 bridgehead atoms. The maximum absolute atomic E-state index is 10.8. The second kappa shape index (κ2) is 4.42. The van der Waals surface area contributed by atoms with Crippen molar-refractivity contribution in [2.75, 3.05) is 0 Å². The Hall–Kier alpha value is -0.390. The number of carboxylic acids is 1. The second-order valence-corrected chi connectivity index (χ2v) is 4.43. The van der Waals surface area contributed by atoms with Crippen LogP contribution in [0.5, 0.6) is 0 Å². The third-order valence-electron chi connectivity index (χ3n) is 1.97. The van der Waals surface area contributed by atoms with Gasteiger partial charge in [-0.2, -0.15) is 0 Å². The molecule has 0 unspecified atom stereocenters. The zero-order valence-electron chi connectivity index (χ0n) is 7.34. The Morgan fingerprint density at radius 3 is 2.50 bits per heavy atom. The molecule has 0 atom stereocenters. The molecule has 0 aliphatic carbocycles. The standard InChI is InChI=1S/C9H8Br2O3/c1-4-6(3-12)7(10)2-5(8(4)11)9(13)14/h2,12H,3H2,1H3,(H,13,14). The molecule has 0 spiro atoms. The van der Waals surface area contributed by atoms with Gasteiger partial charge in [0.2, 0.25) is 0 Å². The van der Waals surface area contributed by atoms with Gasteiger partial charge in [-0.15, -0.1) is 0 Å². The van der Waals surface area contributed by atoms with E-state index in [0.29, 0.717) is 14.5 Å². The number of benzene rings is 1. The van der Waals surface area contributed by atoms with Crippen molar-refractivity contribution in [3.8, 4) is 0 Å². The summed E-state index contributed by atoms with van der Waals surface area (Å²) in [5, 5.41) is 17.9. The third-order valence-corrected chi connectivity index (χ3v) is 3.70. The van der Waals surface area contributed by atoms with Gasteiger partial charge in [0.25, 0.3) is 0 Å². The van der Waals surface area contributed by atoms with E-state index in [1.54, 1.807) is 6.92 Å². The highest BCUT2D eigenvalue weighted by Gasteiger charge is 2.15. The van der Waals surface area contributed by atoms with Crippen molar-refractivity contribution in [1.82, 2.24) is 0 Å². The number of rotatable bonds is 2. The quantitative estimate of drug-likeness (QED) is 0.879. The van der Waals surface area contributed by atoms with E-state index in [0.717, 1.165) is 5.56 Å². The van der Waals surface area contributed by atoms with E-state index in [-0.39, 0.29) is 12.2 Å². The lowest BCUT2D eigenvalue weighted by atomic mass is 10.1. The molecule has 3 nitrogen and oxygen atoms in total. The van der Waals surface area contributed by atoms with E-state index < -0.39 is 5.97 Å². The average Bonchev–Trinajstić information content (AvgIpc) is 2.12. The fourth-order valence-electron chi connectivity index (χ4n) is 1.14. The van der Waals surface area contributed by atoms with Gasteiger partial charge in [-0.3, -0.25) is 0 Å². The van der Waals surface area contributed by atoms with E-state index in [1.807, 2.05) is 0 Å². The van der Waals surface area contributed by atoms with Crippen LogP contribution >= 0.6 is 31.9 Å². The number of aliphatic hydroxyl groups is 1. The van der Waals surface area contributed by atoms with E-state index in [4.69, 9.17) is 10.2 Å². The molecule has 0 aliphatic rings. The van der Waals surface area contributed by atoms with Crippen molar-refractivity contribution in [2.45, 2.75) is 13.5 Å². The lowest BCUT2D eigenvalue weighted by Crippen LogP contribution is -2.02. The summed E-state index contributed by atoms with van der Waals surface area (Å²) in [6.07, 6.45) is 0. The minimum Gasteiger partial charge on any atom is -0.478 e. The molecule has 5 heteroatoms. The Morgan fingerprint density at radius 2 is 2.07 bits per heavy atom. The molecule has 0 radical (unpaired) electrons. The van der Waals surface area contributed by atoms with Crippen LogP contribution in [0.1, 0.15) is 21.5 Å². The van der Waals surface area contributed by atoms with Crippen LogP contribution in [0, 0.1) is 6.92 Å². The lowest BCUT2D eigenvalue weighted by molar-refractivity contribution is 0.0695. The molecule has 0 heterocycles. The van der Waals surface area contributed by atoms with E-state index >= 15 is 0 Å². The average molecular weight is 324 g/mol. The molecule has 1 aromatic rings. The van der Waals surface area contributed by atoms with Crippen LogP contribution in [0.25, 0.3) is 0 Å². The first-order valence-electron chi connectivity index (χ1n) is 3.80. The summed E-state index contributed by atoms with van der Waals surface area (Å²) in [6.45, 7) is 1.64. The van der Waals surface area contributed by atoms with Gasteiger partial charge >= 0.3 is 5.97 Å². The maximum atomic E-state index is 10.8. The van der Waals surface area contributed by atoms with Crippen LogP contribution in [-0.2, 0) is 6.61 Å². The van der Waals surface area contributed by atoms with Crippen LogP contribution < -0.4 is 0 Å². The minimum atomic E-state index is -0.995. The summed E-state index contributed by atoms with van der Waals surface area (Å²) in [6, 6.07) is 1.48. The number of carbonyl (C=O) groups is 1. The molecule has 1 rings (SSSR count).